The standard InChI is InChI=1S/C17H18N2O2S/c1-22-15-9-5-8-14(12-15)19-16(20)10-11-18-17(21)13-6-3-2-4-7-13/h2-9,12H,10-11H2,1H3,(H,18,21)(H,19,20). The Bertz CT molecular complexity index is 644. The van der Waals surface area contributed by atoms with E-state index in [4.69, 9.17) is 0 Å². The van der Waals surface area contributed by atoms with Gasteiger partial charge < -0.3 is 10.6 Å². The lowest BCUT2D eigenvalue weighted by atomic mass is 10.2. The smallest absolute Gasteiger partial charge is 0.251 e. The normalized spacial score (nSPS) is 10.0. The van der Waals surface area contributed by atoms with Gasteiger partial charge in [0.2, 0.25) is 5.91 Å². The van der Waals surface area contributed by atoms with Crippen molar-refractivity contribution in [3.05, 3.63) is 60.2 Å². The zero-order valence-electron chi connectivity index (χ0n) is 12.3. The SMILES string of the molecule is CSc1cccc(NC(=O)CCNC(=O)c2ccccc2)c1. The van der Waals surface area contributed by atoms with E-state index >= 15 is 0 Å². The first kappa shape index (κ1) is 16.1. The molecule has 0 aliphatic carbocycles. The van der Waals surface area contributed by atoms with E-state index < -0.39 is 0 Å². The van der Waals surface area contributed by atoms with Crippen LogP contribution in [0.25, 0.3) is 0 Å². The summed E-state index contributed by atoms with van der Waals surface area (Å²) in [6, 6.07) is 16.6. The number of carbonyl (C=O) groups is 2. The molecule has 2 aromatic rings. The molecule has 5 heteroatoms. The number of anilines is 1. The number of hydrogen-bond acceptors (Lipinski definition) is 3. The molecule has 2 amide bonds. The van der Waals surface area contributed by atoms with E-state index in [1.54, 1.807) is 36.0 Å². The van der Waals surface area contributed by atoms with Gasteiger partial charge in [0.05, 0.1) is 0 Å². The molecule has 0 radical (unpaired) electrons. The fourth-order valence-electron chi connectivity index (χ4n) is 1.91. The number of thioether (sulfide) groups is 1. The Labute approximate surface area is 134 Å². The van der Waals surface area contributed by atoms with Crippen LogP contribution in [0.15, 0.2) is 59.5 Å². The summed E-state index contributed by atoms with van der Waals surface area (Å²) < 4.78 is 0. The summed E-state index contributed by atoms with van der Waals surface area (Å²) in [5.74, 6) is -0.288. The van der Waals surface area contributed by atoms with Crippen molar-refractivity contribution in [2.24, 2.45) is 0 Å². The highest BCUT2D eigenvalue weighted by Gasteiger charge is 2.06. The molecule has 4 nitrogen and oxygen atoms in total. The first-order chi connectivity index (χ1) is 10.7. The molecule has 0 atom stereocenters. The number of carbonyl (C=O) groups excluding carboxylic acids is 2. The van der Waals surface area contributed by atoms with E-state index in [-0.39, 0.29) is 18.2 Å². The van der Waals surface area contributed by atoms with E-state index in [9.17, 15) is 9.59 Å². The van der Waals surface area contributed by atoms with Gasteiger partial charge in [-0.25, -0.2) is 0 Å². The summed E-state index contributed by atoms with van der Waals surface area (Å²) >= 11 is 1.62. The molecule has 0 fully saturated rings. The van der Waals surface area contributed by atoms with Crippen molar-refractivity contribution in [1.82, 2.24) is 5.32 Å². The van der Waals surface area contributed by atoms with Crippen LogP contribution in [0.1, 0.15) is 16.8 Å². The number of amides is 2. The molecule has 0 aliphatic rings. The quantitative estimate of drug-likeness (QED) is 0.805. The van der Waals surface area contributed by atoms with Crippen molar-refractivity contribution in [2.75, 3.05) is 18.1 Å². The lowest BCUT2D eigenvalue weighted by molar-refractivity contribution is -0.116. The van der Waals surface area contributed by atoms with Gasteiger partial charge in [-0.2, -0.15) is 0 Å². The van der Waals surface area contributed by atoms with Crippen molar-refractivity contribution in [3.63, 3.8) is 0 Å². The van der Waals surface area contributed by atoms with E-state index in [0.717, 1.165) is 10.6 Å². The van der Waals surface area contributed by atoms with Gasteiger partial charge >= 0.3 is 0 Å². The second-order valence-corrected chi connectivity index (χ2v) is 5.53. The van der Waals surface area contributed by atoms with Gasteiger partial charge in [-0.1, -0.05) is 24.3 Å². The second kappa shape index (κ2) is 8.24. The molecule has 0 aromatic heterocycles. The lowest BCUT2D eigenvalue weighted by Gasteiger charge is -2.07. The first-order valence-corrected chi connectivity index (χ1v) is 8.18. The van der Waals surface area contributed by atoms with Crippen LogP contribution in [0.2, 0.25) is 0 Å². The second-order valence-electron chi connectivity index (χ2n) is 4.65. The van der Waals surface area contributed by atoms with Crippen molar-refractivity contribution >= 4 is 29.3 Å². The van der Waals surface area contributed by atoms with Crippen LogP contribution in [0, 0.1) is 0 Å². The van der Waals surface area contributed by atoms with Crippen molar-refractivity contribution < 1.29 is 9.59 Å². The molecule has 0 heterocycles. The van der Waals surface area contributed by atoms with E-state index in [1.165, 1.54) is 0 Å². The number of rotatable bonds is 6. The van der Waals surface area contributed by atoms with Crippen molar-refractivity contribution in [1.29, 1.82) is 0 Å². The van der Waals surface area contributed by atoms with Crippen LogP contribution in [0.5, 0.6) is 0 Å². The van der Waals surface area contributed by atoms with Crippen molar-refractivity contribution in [3.8, 4) is 0 Å². The van der Waals surface area contributed by atoms with E-state index in [1.807, 2.05) is 36.6 Å². The molecule has 0 spiro atoms. The van der Waals surface area contributed by atoms with Gasteiger partial charge in [-0.3, -0.25) is 9.59 Å². The minimum Gasteiger partial charge on any atom is -0.352 e. The maximum absolute atomic E-state index is 11.9. The molecular formula is C17H18N2O2S. The molecule has 22 heavy (non-hydrogen) atoms. The minimum atomic E-state index is -0.169. The summed E-state index contributed by atoms with van der Waals surface area (Å²) in [4.78, 5) is 24.8. The predicted molar refractivity (Wildman–Crippen MR) is 90.2 cm³/mol. The van der Waals surface area contributed by atoms with E-state index in [2.05, 4.69) is 10.6 Å². The number of hydrogen-bond donors (Lipinski definition) is 2. The highest BCUT2D eigenvalue weighted by Crippen LogP contribution is 2.18. The van der Waals surface area contributed by atoms with Crippen LogP contribution in [-0.4, -0.2) is 24.6 Å². The molecule has 2 N–H and O–H groups in total. The Morgan fingerprint density at radius 3 is 2.55 bits per heavy atom. The van der Waals surface area contributed by atoms with Crippen LogP contribution in [0.4, 0.5) is 5.69 Å². The predicted octanol–water partition coefficient (Wildman–Crippen LogP) is 3.17. The van der Waals surface area contributed by atoms with Crippen LogP contribution in [0.3, 0.4) is 0 Å². The monoisotopic (exact) mass is 314 g/mol. The Kier molecular flexibility index (Phi) is 6.03. The molecule has 0 unspecified atom stereocenters. The number of nitrogens with one attached hydrogen (secondary N) is 2. The van der Waals surface area contributed by atoms with Gasteiger partial charge in [-0.05, 0) is 36.6 Å². The summed E-state index contributed by atoms with van der Waals surface area (Å²) in [7, 11) is 0. The van der Waals surface area contributed by atoms with Crippen LogP contribution in [-0.2, 0) is 4.79 Å². The van der Waals surface area contributed by atoms with Gasteiger partial charge in [-0.15, -0.1) is 11.8 Å². The fraction of sp³-hybridized carbons (Fsp3) is 0.176. The molecular weight excluding hydrogens is 296 g/mol. The average Bonchev–Trinajstić information content (AvgIpc) is 2.55. The average molecular weight is 314 g/mol. The van der Waals surface area contributed by atoms with Gasteiger partial charge in [0.1, 0.15) is 0 Å². The third-order valence-electron chi connectivity index (χ3n) is 3.03. The molecule has 0 saturated heterocycles. The molecule has 0 bridgehead atoms. The van der Waals surface area contributed by atoms with Crippen molar-refractivity contribution in [2.45, 2.75) is 11.3 Å². The fourth-order valence-corrected chi connectivity index (χ4v) is 2.36. The highest BCUT2D eigenvalue weighted by atomic mass is 32.2. The summed E-state index contributed by atoms with van der Waals surface area (Å²) in [5, 5.41) is 5.56. The summed E-state index contributed by atoms with van der Waals surface area (Å²) in [6.45, 7) is 0.307. The maximum atomic E-state index is 11.9. The minimum absolute atomic E-state index is 0.119. The molecule has 114 valence electrons. The van der Waals surface area contributed by atoms with Gasteiger partial charge in [0.15, 0.2) is 0 Å². The zero-order valence-corrected chi connectivity index (χ0v) is 13.2. The summed E-state index contributed by atoms with van der Waals surface area (Å²) in [5.41, 5.74) is 1.36. The largest absolute Gasteiger partial charge is 0.352 e. The molecule has 0 aliphatic heterocycles. The third kappa shape index (κ3) is 4.93. The number of benzene rings is 2. The Morgan fingerprint density at radius 2 is 1.82 bits per heavy atom. The molecule has 2 rings (SSSR count). The van der Waals surface area contributed by atoms with E-state index in [0.29, 0.717) is 12.1 Å². The van der Waals surface area contributed by atoms with Gasteiger partial charge in [0, 0.05) is 29.1 Å². The maximum Gasteiger partial charge on any atom is 0.251 e. The third-order valence-corrected chi connectivity index (χ3v) is 3.75. The van der Waals surface area contributed by atoms with Gasteiger partial charge in [0.25, 0.3) is 5.91 Å². The highest BCUT2D eigenvalue weighted by molar-refractivity contribution is 7.98. The Morgan fingerprint density at radius 1 is 1.05 bits per heavy atom. The first-order valence-electron chi connectivity index (χ1n) is 6.96. The lowest BCUT2D eigenvalue weighted by Crippen LogP contribution is -2.27. The van der Waals surface area contributed by atoms with Crippen LogP contribution >= 0.6 is 11.8 Å². The Balaban J connectivity index is 1.77. The molecule has 2 aromatic carbocycles. The Hall–Kier alpha value is -2.27. The van der Waals surface area contributed by atoms with Crippen LogP contribution < -0.4 is 10.6 Å². The summed E-state index contributed by atoms with van der Waals surface area (Å²) in [6.07, 6.45) is 2.22. The zero-order chi connectivity index (χ0) is 15.8. The molecule has 0 saturated carbocycles. The topological polar surface area (TPSA) is 58.2 Å².